The first-order valence-corrected chi connectivity index (χ1v) is 1.71. The maximum absolute atomic E-state index is 8.46. The van der Waals surface area contributed by atoms with Gasteiger partial charge in [0.2, 0.25) is 0 Å². The molecular weight excluding hydrogens is 340 g/mol. The van der Waals surface area contributed by atoms with Crippen LogP contribution in [-0.4, -0.2) is 0 Å². The van der Waals surface area contributed by atoms with Crippen LogP contribution in [0.25, 0.3) is 0 Å². The molecule has 2 nitrogen and oxygen atoms in total. The van der Waals surface area contributed by atoms with Crippen LogP contribution in [0.3, 0.4) is 0 Å². The van der Waals surface area contributed by atoms with Crippen molar-refractivity contribution in [3.8, 4) is 0 Å². The predicted octanol–water partition coefficient (Wildman–Crippen LogP) is -0.161. The molecule has 0 amide bonds. The molecule has 0 saturated heterocycles. The van der Waals surface area contributed by atoms with E-state index in [9.17, 15) is 0 Å². The van der Waals surface area contributed by atoms with Crippen molar-refractivity contribution in [3.05, 3.63) is 7.43 Å². The standard InChI is InChI=1S/C.2O.Pt.Ru. The predicted molar refractivity (Wildman–Crippen MR) is 4.62 cm³/mol. The smallest absolute Gasteiger partial charge is 0 e. The topological polar surface area (TPSA) is 34.1 Å². The fraction of sp³-hybridized carbons (Fsp3) is 0. The van der Waals surface area contributed by atoms with Gasteiger partial charge in [-0.25, -0.2) is 0 Å². The molecule has 0 heterocycles. The molecule has 0 saturated carbocycles. The Morgan fingerprint density at radius 1 is 1.20 bits per heavy atom. The van der Waals surface area contributed by atoms with Crippen LogP contribution in [0, 0.1) is 7.43 Å². The molecular formula is CO2PtRu. The van der Waals surface area contributed by atoms with Gasteiger partial charge in [-0.2, -0.15) is 0 Å². The molecule has 0 aliphatic carbocycles. The molecule has 0 aromatic carbocycles. The molecule has 4 heteroatoms. The van der Waals surface area contributed by atoms with E-state index in [0.717, 1.165) is 0 Å². The van der Waals surface area contributed by atoms with Crippen molar-refractivity contribution < 1.29 is 45.2 Å². The van der Waals surface area contributed by atoms with Gasteiger partial charge in [0.1, 0.15) is 0 Å². The van der Waals surface area contributed by atoms with E-state index in [1.54, 1.807) is 0 Å². The summed E-state index contributed by atoms with van der Waals surface area (Å²) < 4.78 is 16.9. The summed E-state index contributed by atoms with van der Waals surface area (Å²) in [4.78, 5) is 0. The molecule has 0 N–H and O–H groups in total. The van der Waals surface area contributed by atoms with Crippen LogP contribution >= 0.6 is 0 Å². The van der Waals surface area contributed by atoms with Crippen molar-refractivity contribution in [2.45, 2.75) is 0 Å². The van der Waals surface area contributed by atoms with Gasteiger partial charge in [-0.15, -0.1) is 0 Å². The van der Waals surface area contributed by atoms with Gasteiger partial charge in [0.15, 0.2) is 0 Å². The molecule has 0 spiro atoms. The van der Waals surface area contributed by atoms with Crippen molar-refractivity contribution >= 4 is 0 Å². The van der Waals surface area contributed by atoms with E-state index in [2.05, 4.69) is 0 Å². The minimum absolute atomic E-state index is 0. The molecule has 0 bridgehead atoms. The van der Waals surface area contributed by atoms with Crippen molar-refractivity contribution in [2.75, 3.05) is 0 Å². The number of rotatable bonds is 0. The Balaban J connectivity index is -0.0000000200. The summed E-state index contributed by atoms with van der Waals surface area (Å²) in [6, 6.07) is 0. The average Bonchev–Trinajstić information content (AvgIpc) is 0.918. The van der Waals surface area contributed by atoms with Gasteiger partial charge in [-0.1, -0.05) is 0 Å². The summed E-state index contributed by atoms with van der Waals surface area (Å²) in [5.74, 6) is 0. The molecule has 5 heavy (non-hydrogen) atoms. The molecule has 0 aromatic heterocycles. The first-order chi connectivity index (χ1) is 1.41. The Morgan fingerprint density at radius 2 is 1.20 bits per heavy atom. The Bertz CT molecular complexity index is 30.6. The van der Waals surface area contributed by atoms with E-state index < -0.39 is 17.0 Å². The minimum Gasteiger partial charge on any atom is 0 e. The van der Waals surface area contributed by atoms with E-state index in [4.69, 9.17) is 7.15 Å². The van der Waals surface area contributed by atoms with Crippen molar-refractivity contribution in [3.63, 3.8) is 0 Å². The summed E-state index contributed by atoms with van der Waals surface area (Å²) in [6.07, 6.45) is 0. The van der Waals surface area contributed by atoms with Crippen LogP contribution in [0.1, 0.15) is 0 Å². The van der Waals surface area contributed by atoms with Gasteiger partial charge in [0.05, 0.1) is 0 Å². The summed E-state index contributed by atoms with van der Waals surface area (Å²) in [7, 11) is 0. The third-order valence-corrected chi connectivity index (χ3v) is 0. The monoisotopic (exact) mass is 341 g/mol. The zero-order valence-electron chi connectivity index (χ0n) is 1.99. The largest absolute Gasteiger partial charge is 0 e. The van der Waals surface area contributed by atoms with Crippen LogP contribution < -0.4 is 0 Å². The quantitative estimate of drug-likeness (QED) is 0.575. The maximum atomic E-state index is 8.46. The molecule has 0 unspecified atom stereocenters. The minimum atomic E-state index is -1.79. The van der Waals surface area contributed by atoms with Crippen LogP contribution in [0.4, 0.5) is 0 Å². The van der Waals surface area contributed by atoms with Gasteiger partial charge < -0.3 is 0 Å². The molecule has 0 fully saturated rings. The average molecular weight is 340 g/mol. The zero-order chi connectivity index (χ0) is 2.71. The third-order valence-electron chi connectivity index (χ3n) is 0. The van der Waals surface area contributed by atoms with Gasteiger partial charge in [-0.05, 0) is 0 Å². The fourth-order valence-corrected chi connectivity index (χ4v) is 0. The second kappa shape index (κ2) is 20.6. The van der Waals surface area contributed by atoms with Gasteiger partial charge in [0.25, 0.3) is 0 Å². The third kappa shape index (κ3) is 50.1. The second-order valence-electron chi connectivity index (χ2n) is 0.0589. The van der Waals surface area contributed by atoms with E-state index in [0.29, 0.717) is 0 Å². The maximum Gasteiger partial charge on any atom is 0 e. The molecule has 4 radical (unpaired) electrons. The van der Waals surface area contributed by atoms with Crippen LogP contribution in [0.2, 0.25) is 0 Å². The summed E-state index contributed by atoms with van der Waals surface area (Å²) in [5, 5.41) is 0. The van der Waals surface area contributed by atoms with Gasteiger partial charge >= 0.3 is 24.2 Å². The molecule has 0 aliphatic rings. The van der Waals surface area contributed by atoms with E-state index in [1.807, 2.05) is 0 Å². The summed E-state index contributed by atoms with van der Waals surface area (Å²) >= 11 is -1.79. The summed E-state index contributed by atoms with van der Waals surface area (Å²) in [5.41, 5.74) is 0. The molecule has 34 valence electrons. The summed E-state index contributed by atoms with van der Waals surface area (Å²) in [6.45, 7) is 0. The van der Waals surface area contributed by atoms with Gasteiger partial charge in [-0.3, -0.25) is 0 Å². The molecule has 0 aromatic rings. The van der Waals surface area contributed by atoms with Crippen LogP contribution in [-0.2, 0) is 45.2 Å². The normalized spacial score (nSPS) is 3.20. The van der Waals surface area contributed by atoms with E-state index in [-0.39, 0.29) is 28.5 Å². The first kappa shape index (κ1) is 16.8. The Labute approximate surface area is 52.7 Å². The Morgan fingerprint density at radius 3 is 1.20 bits per heavy atom. The van der Waals surface area contributed by atoms with Crippen molar-refractivity contribution in [2.24, 2.45) is 0 Å². The van der Waals surface area contributed by atoms with Gasteiger partial charge in [0, 0.05) is 28.5 Å². The molecule has 0 rings (SSSR count). The van der Waals surface area contributed by atoms with E-state index in [1.165, 1.54) is 0 Å². The molecule has 0 aliphatic heterocycles. The number of hydrogen-bond acceptors (Lipinski definition) is 2. The SMILES string of the molecule is [C].[O]=[Ru]=[O].[Pt]. The van der Waals surface area contributed by atoms with E-state index >= 15 is 0 Å². The van der Waals surface area contributed by atoms with Crippen molar-refractivity contribution in [1.29, 1.82) is 0 Å². The van der Waals surface area contributed by atoms with Crippen LogP contribution in [0.15, 0.2) is 0 Å². The zero-order valence-corrected chi connectivity index (χ0v) is 6.00. The fourth-order valence-electron chi connectivity index (χ4n) is 0. The second-order valence-corrected chi connectivity index (χ2v) is 0.349. The van der Waals surface area contributed by atoms with Crippen molar-refractivity contribution in [1.82, 2.24) is 0 Å². The Hall–Kier alpha value is 0.912. The number of hydrogen-bond donors (Lipinski definition) is 0. The first-order valence-electron chi connectivity index (χ1n) is 0.289. The Kier molecular flexibility index (Phi) is 69.2. The molecule has 0 atom stereocenters. The van der Waals surface area contributed by atoms with Crippen LogP contribution in [0.5, 0.6) is 0 Å².